The standard InChI is InChI=1S/C25H21N/c1-16-12-17(2)21-10-11-22-23-14-19(18-6-4-3-5-7-18)8-9-20(23)15-26-25(22)24(21)13-16/h3-9,12-15H,10-11H2,1-2H3. The topological polar surface area (TPSA) is 12.9 Å². The molecule has 0 amide bonds. The largest absolute Gasteiger partial charge is 0.255 e. The molecule has 0 aliphatic heterocycles. The van der Waals surface area contributed by atoms with E-state index in [1.165, 1.54) is 55.4 Å². The molecule has 0 unspecified atom stereocenters. The molecule has 1 nitrogen and oxygen atoms in total. The van der Waals surface area contributed by atoms with E-state index in [0.29, 0.717) is 0 Å². The SMILES string of the molecule is Cc1cc(C)c2c(c1)-c1ncc3ccc(-c4ccccc4)cc3c1CC2. The van der Waals surface area contributed by atoms with E-state index in [1.54, 1.807) is 0 Å². The number of aryl methyl sites for hydroxylation is 3. The molecule has 0 atom stereocenters. The van der Waals surface area contributed by atoms with E-state index in [2.05, 4.69) is 74.5 Å². The molecule has 0 saturated carbocycles. The highest BCUT2D eigenvalue weighted by Gasteiger charge is 2.21. The van der Waals surface area contributed by atoms with E-state index in [9.17, 15) is 0 Å². The number of hydrogen-bond donors (Lipinski definition) is 0. The van der Waals surface area contributed by atoms with E-state index in [0.717, 1.165) is 12.8 Å². The van der Waals surface area contributed by atoms with Gasteiger partial charge >= 0.3 is 0 Å². The van der Waals surface area contributed by atoms with Gasteiger partial charge in [0, 0.05) is 17.1 Å². The molecule has 0 N–H and O–H groups in total. The van der Waals surface area contributed by atoms with Crippen LogP contribution in [-0.2, 0) is 12.8 Å². The van der Waals surface area contributed by atoms with Gasteiger partial charge < -0.3 is 0 Å². The monoisotopic (exact) mass is 335 g/mol. The average molecular weight is 335 g/mol. The van der Waals surface area contributed by atoms with Gasteiger partial charge in [0.1, 0.15) is 0 Å². The van der Waals surface area contributed by atoms with Gasteiger partial charge in [0.15, 0.2) is 0 Å². The quantitative estimate of drug-likeness (QED) is 0.399. The van der Waals surface area contributed by atoms with Crippen molar-refractivity contribution >= 4 is 10.8 Å². The van der Waals surface area contributed by atoms with Crippen molar-refractivity contribution in [1.29, 1.82) is 0 Å². The lowest BCUT2D eigenvalue weighted by Gasteiger charge is -2.23. The van der Waals surface area contributed by atoms with E-state index in [-0.39, 0.29) is 0 Å². The highest BCUT2D eigenvalue weighted by molar-refractivity contribution is 5.94. The second-order valence-electron chi connectivity index (χ2n) is 7.36. The Labute approximate surface area is 154 Å². The van der Waals surface area contributed by atoms with Gasteiger partial charge in [-0.1, -0.05) is 54.1 Å². The second-order valence-corrected chi connectivity index (χ2v) is 7.36. The van der Waals surface area contributed by atoms with Crippen molar-refractivity contribution < 1.29 is 0 Å². The van der Waals surface area contributed by atoms with Crippen LogP contribution in [0, 0.1) is 13.8 Å². The van der Waals surface area contributed by atoms with Gasteiger partial charge in [0.2, 0.25) is 0 Å². The third-order valence-corrected chi connectivity index (χ3v) is 5.60. The van der Waals surface area contributed by atoms with Crippen LogP contribution in [0.2, 0.25) is 0 Å². The van der Waals surface area contributed by atoms with Crippen molar-refractivity contribution in [3.05, 3.63) is 89.1 Å². The highest BCUT2D eigenvalue weighted by Crippen LogP contribution is 2.38. The Kier molecular flexibility index (Phi) is 3.43. The van der Waals surface area contributed by atoms with Crippen LogP contribution in [-0.4, -0.2) is 4.98 Å². The molecule has 1 aliphatic rings. The maximum absolute atomic E-state index is 4.87. The van der Waals surface area contributed by atoms with Gasteiger partial charge in [-0.15, -0.1) is 0 Å². The summed E-state index contributed by atoms with van der Waals surface area (Å²) >= 11 is 0. The molecule has 0 radical (unpaired) electrons. The molecule has 0 fully saturated rings. The predicted molar refractivity (Wildman–Crippen MR) is 109 cm³/mol. The summed E-state index contributed by atoms with van der Waals surface area (Å²) in [5.74, 6) is 0. The number of rotatable bonds is 1. The molecule has 126 valence electrons. The number of fused-ring (bicyclic) bond motifs is 5. The lowest BCUT2D eigenvalue weighted by atomic mass is 9.83. The molecule has 0 spiro atoms. The fourth-order valence-electron chi connectivity index (χ4n) is 4.36. The smallest absolute Gasteiger partial charge is 0.0743 e. The van der Waals surface area contributed by atoms with Gasteiger partial charge in [-0.05, 0) is 72.0 Å². The van der Waals surface area contributed by atoms with E-state index in [4.69, 9.17) is 4.98 Å². The number of benzene rings is 3. The first-order valence-electron chi connectivity index (χ1n) is 9.28. The molecular formula is C25H21N. The molecule has 26 heavy (non-hydrogen) atoms. The second kappa shape index (κ2) is 5.81. The Balaban J connectivity index is 1.76. The third kappa shape index (κ3) is 2.35. The lowest BCUT2D eigenvalue weighted by Crippen LogP contribution is -2.08. The van der Waals surface area contributed by atoms with Crippen molar-refractivity contribution in [3.63, 3.8) is 0 Å². The lowest BCUT2D eigenvalue weighted by molar-refractivity contribution is 0.926. The van der Waals surface area contributed by atoms with E-state index in [1.807, 2.05) is 6.20 Å². The van der Waals surface area contributed by atoms with Crippen LogP contribution in [0.4, 0.5) is 0 Å². The van der Waals surface area contributed by atoms with Gasteiger partial charge in [-0.2, -0.15) is 0 Å². The fraction of sp³-hybridized carbons (Fsp3) is 0.160. The Morgan fingerprint density at radius 2 is 1.58 bits per heavy atom. The van der Waals surface area contributed by atoms with Gasteiger partial charge in [-0.25, -0.2) is 0 Å². The van der Waals surface area contributed by atoms with E-state index >= 15 is 0 Å². The Hall–Kier alpha value is -2.93. The fourth-order valence-corrected chi connectivity index (χ4v) is 4.36. The first-order chi connectivity index (χ1) is 12.7. The first kappa shape index (κ1) is 15.3. The van der Waals surface area contributed by atoms with Crippen LogP contribution in [0.3, 0.4) is 0 Å². The van der Waals surface area contributed by atoms with Crippen LogP contribution in [0.1, 0.15) is 22.3 Å². The third-order valence-electron chi connectivity index (χ3n) is 5.60. The maximum Gasteiger partial charge on any atom is 0.0743 e. The number of pyridine rings is 1. The maximum atomic E-state index is 4.87. The zero-order valence-corrected chi connectivity index (χ0v) is 15.2. The molecule has 4 aromatic rings. The van der Waals surface area contributed by atoms with Gasteiger partial charge in [-0.3, -0.25) is 4.98 Å². The minimum atomic E-state index is 1.06. The van der Waals surface area contributed by atoms with Gasteiger partial charge in [0.05, 0.1) is 5.69 Å². The van der Waals surface area contributed by atoms with E-state index < -0.39 is 0 Å². The van der Waals surface area contributed by atoms with Crippen molar-refractivity contribution in [1.82, 2.24) is 4.98 Å². The highest BCUT2D eigenvalue weighted by atomic mass is 14.7. The van der Waals surface area contributed by atoms with Crippen LogP contribution in [0.25, 0.3) is 33.2 Å². The molecule has 0 saturated heterocycles. The average Bonchev–Trinajstić information content (AvgIpc) is 2.67. The number of aromatic nitrogens is 1. The predicted octanol–water partition coefficient (Wildman–Crippen LogP) is 6.28. The minimum absolute atomic E-state index is 1.06. The van der Waals surface area contributed by atoms with Crippen molar-refractivity contribution in [2.75, 3.05) is 0 Å². The molecule has 1 heterocycles. The summed E-state index contributed by atoms with van der Waals surface area (Å²) < 4.78 is 0. The Bertz CT molecular complexity index is 1140. The van der Waals surface area contributed by atoms with Crippen LogP contribution < -0.4 is 0 Å². The Morgan fingerprint density at radius 3 is 2.42 bits per heavy atom. The summed E-state index contributed by atoms with van der Waals surface area (Å²) in [5, 5.41) is 2.58. The van der Waals surface area contributed by atoms with Gasteiger partial charge in [0.25, 0.3) is 0 Å². The van der Waals surface area contributed by atoms with Crippen LogP contribution in [0.5, 0.6) is 0 Å². The number of hydrogen-bond acceptors (Lipinski definition) is 1. The zero-order chi connectivity index (χ0) is 17.7. The summed E-state index contributed by atoms with van der Waals surface area (Å²) in [6.07, 6.45) is 4.20. The molecule has 0 bridgehead atoms. The van der Waals surface area contributed by atoms with Crippen molar-refractivity contribution in [2.24, 2.45) is 0 Å². The first-order valence-corrected chi connectivity index (χ1v) is 9.28. The van der Waals surface area contributed by atoms with Crippen LogP contribution >= 0.6 is 0 Å². The Morgan fingerprint density at radius 1 is 0.769 bits per heavy atom. The zero-order valence-electron chi connectivity index (χ0n) is 15.2. The molecule has 1 aliphatic carbocycles. The summed E-state index contributed by atoms with van der Waals surface area (Å²) in [4.78, 5) is 4.87. The van der Waals surface area contributed by atoms with Crippen LogP contribution in [0.15, 0.2) is 66.9 Å². The summed E-state index contributed by atoms with van der Waals surface area (Å²) in [6.45, 7) is 4.40. The normalized spacial score (nSPS) is 12.7. The molecular weight excluding hydrogens is 314 g/mol. The summed E-state index contributed by atoms with van der Waals surface area (Å²) in [7, 11) is 0. The molecule has 3 aromatic carbocycles. The molecule has 5 rings (SSSR count). The minimum Gasteiger partial charge on any atom is -0.255 e. The van der Waals surface area contributed by atoms with Crippen molar-refractivity contribution in [2.45, 2.75) is 26.7 Å². The molecule has 1 aromatic heterocycles. The van der Waals surface area contributed by atoms with Crippen molar-refractivity contribution in [3.8, 4) is 22.4 Å². The summed E-state index contributed by atoms with van der Waals surface area (Å²) in [6, 6.07) is 22.0. The molecule has 1 heteroatoms. The summed E-state index contributed by atoms with van der Waals surface area (Å²) in [5.41, 5.74) is 10.6. The number of nitrogens with zero attached hydrogens (tertiary/aromatic N) is 1.